The summed E-state index contributed by atoms with van der Waals surface area (Å²) < 4.78 is 1.41. The van der Waals surface area contributed by atoms with Crippen molar-refractivity contribution in [1.29, 1.82) is 0 Å². The highest BCUT2D eigenvalue weighted by Crippen LogP contribution is 2.35. The molecule has 0 unspecified atom stereocenters. The maximum Gasteiger partial charge on any atom is 0.263 e. The van der Waals surface area contributed by atoms with Gasteiger partial charge in [0.15, 0.2) is 0 Å². The van der Waals surface area contributed by atoms with E-state index in [1.807, 2.05) is 68.4 Å². The van der Waals surface area contributed by atoms with Crippen LogP contribution in [0, 0.1) is 13.8 Å². The van der Waals surface area contributed by atoms with E-state index < -0.39 is 6.04 Å². The average Bonchev–Trinajstić information content (AvgIpc) is 3.07. The van der Waals surface area contributed by atoms with Crippen LogP contribution in [0.25, 0.3) is 21.3 Å². The van der Waals surface area contributed by atoms with Gasteiger partial charge in [-0.3, -0.25) is 14.2 Å². The maximum absolute atomic E-state index is 13.4. The third kappa shape index (κ3) is 3.47. The number of anilines is 1. The van der Waals surface area contributed by atoms with Crippen LogP contribution in [0.3, 0.4) is 0 Å². The van der Waals surface area contributed by atoms with Crippen molar-refractivity contribution in [1.82, 2.24) is 9.55 Å². The van der Waals surface area contributed by atoms with E-state index in [9.17, 15) is 9.59 Å². The second kappa shape index (κ2) is 7.64. The molecule has 0 radical (unpaired) electrons. The minimum Gasteiger partial charge on any atom is -0.324 e. The molecule has 0 spiro atoms. The largest absolute Gasteiger partial charge is 0.324 e. The van der Waals surface area contributed by atoms with E-state index in [1.165, 1.54) is 22.2 Å². The fourth-order valence-corrected chi connectivity index (χ4v) is 4.42. The quantitative estimate of drug-likeness (QED) is 0.525. The first kappa shape index (κ1) is 19.1. The number of carbonyl (C=O) groups is 1. The Balaban J connectivity index is 1.77. The van der Waals surface area contributed by atoms with Gasteiger partial charge in [-0.15, -0.1) is 11.3 Å². The third-order valence-electron chi connectivity index (χ3n) is 5.08. The SMILES string of the molecule is Cc1ccccc1NC(=O)[C@@H](C)n1cnc2sc(C)c(-c3ccccc3)c2c1=O. The number of rotatable bonds is 4. The maximum atomic E-state index is 13.4. The van der Waals surface area contributed by atoms with Gasteiger partial charge in [-0.1, -0.05) is 48.5 Å². The van der Waals surface area contributed by atoms with Crippen LogP contribution in [0.15, 0.2) is 65.7 Å². The Morgan fingerprint density at radius 3 is 2.48 bits per heavy atom. The Labute approximate surface area is 172 Å². The van der Waals surface area contributed by atoms with Crippen LogP contribution in [0.4, 0.5) is 5.69 Å². The predicted octanol–water partition coefficient (Wildman–Crippen LogP) is 4.94. The van der Waals surface area contributed by atoms with Gasteiger partial charge in [-0.05, 0) is 38.0 Å². The zero-order valence-electron chi connectivity index (χ0n) is 16.5. The lowest BCUT2D eigenvalue weighted by atomic mass is 10.0. The van der Waals surface area contributed by atoms with Gasteiger partial charge in [0, 0.05) is 16.1 Å². The standard InChI is InChI=1S/C23H21N3O2S/c1-14-9-7-8-12-18(14)25-21(27)15(2)26-13-24-22-20(23(26)28)19(16(3)29-22)17-10-5-4-6-11-17/h4-13,15H,1-3H3,(H,25,27)/t15-/m1/s1. The minimum atomic E-state index is -0.692. The highest BCUT2D eigenvalue weighted by molar-refractivity contribution is 7.19. The van der Waals surface area contributed by atoms with Crippen molar-refractivity contribution in [3.63, 3.8) is 0 Å². The Kier molecular flexibility index (Phi) is 5.03. The number of nitrogens with one attached hydrogen (secondary N) is 1. The topological polar surface area (TPSA) is 64.0 Å². The van der Waals surface area contributed by atoms with E-state index in [2.05, 4.69) is 10.3 Å². The van der Waals surface area contributed by atoms with Crippen molar-refractivity contribution in [3.05, 3.63) is 81.7 Å². The number of carbonyl (C=O) groups excluding carboxylic acids is 1. The smallest absolute Gasteiger partial charge is 0.263 e. The summed E-state index contributed by atoms with van der Waals surface area (Å²) in [6.45, 7) is 5.64. The van der Waals surface area contributed by atoms with E-state index in [-0.39, 0.29) is 11.5 Å². The normalized spacial score (nSPS) is 12.1. The first-order chi connectivity index (χ1) is 14.0. The Morgan fingerprint density at radius 1 is 1.07 bits per heavy atom. The van der Waals surface area contributed by atoms with Crippen LogP contribution < -0.4 is 10.9 Å². The van der Waals surface area contributed by atoms with Crippen molar-refractivity contribution in [2.75, 3.05) is 5.32 Å². The second-order valence-corrected chi connectivity index (χ2v) is 8.22. The molecule has 5 nitrogen and oxygen atoms in total. The number of aryl methyl sites for hydroxylation is 2. The molecule has 4 aromatic rings. The molecule has 0 aliphatic rings. The summed E-state index contributed by atoms with van der Waals surface area (Å²) in [6, 6.07) is 16.7. The molecule has 2 aromatic carbocycles. The number of thiophene rings is 1. The van der Waals surface area contributed by atoms with E-state index in [1.54, 1.807) is 6.92 Å². The fourth-order valence-electron chi connectivity index (χ4n) is 3.42. The molecule has 0 aliphatic carbocycles. The summed E-state index contributed by atoms with van der Waals surface area (Å²) in [5.41, 5.74) is 3.37. The van der Waals surface area contributed by atoms with E-state index >= 15 is 0 Å². The zero-order valence-corrected chi connectivity index (χ0v) is 17.3. The third-order valence-corrected chi connectivity index (χ3v) is 6.09. The first-order valence-electron chi connectivity index (χ1n) is 9.39. The van der Waals surface area contributed by atoms with E-state index in [0.717, 1.165) is 27.3 Å². The lowest BCUT2D eigenvalue weighted by Gasteiger charge is -2.16. The number of hydrogen-bond donors (Lipinski definition) is 1. The molecule has 2 heterocycles. The molecule has 2 aromatic heterocycles. The molecule has 0 fully saturated rings. The summed E-state index contributed by atoms with van der Waals surface area (Å²) in [5, 5.41) is 3.48. The number of hydrogen-bond acceptors (Lipinski definition) is 4. The molecule has 0 aliphatic heterocycles. The van der Waals surface area contributed by atoms with Gasteiger partial charge < -0.3 is 5.32 Å². The van der Waals surface area contributed by atoms with Gasteiger partial charge in [0.2, 0.25) is 5.91 Å². The van der Waals surface area contributed by atoms with Crippen LogP contribution >= 0.6 is 11.3 Å². The molecular formula is C23H21N3O2S. The molecule has 29 heavy (non-hydrogen) atoms. The van der Waals surface area contributed by atoms with Crippen LogP contribution in [0.2, 0.25) is 0 Å². The summed E-state index contributed by atoms with van der Waals surface area (Å²) in [4.78, 5) is 32.4. The fraction of sp³-hybridized carbons (Fsp3) is 0.174. The summed E-state index contributed by atoms with van der Waals surface area (Å²) in [7, 11) is 0. The highest BCUT2D eigenvalue weighted by Gasteiger charge is 2.22. The second-order valence-electron chi connectivity index (χ2n) is 7.02. The molecule has 1 amide bonds. The van der Waals surface area contributed by atoms with Crippen molar-refractivity contribution in [2.45, 2.75) is 26.8 Å². The van der Waals surface area contributed by atoms with Crippen molar-refractivity contribution in [2.24, 2.45) is 0 Å². The number of fused-ring (bicyclic) bond motifs is 1. The van der Waals surface area contributed by atoms with Gasteiger partial charge in [0.1, 0.15) is 10.9 Å². The molecule has 6 heteroatoms. The number of aromatic nitrogens is 2. The average molecular weight is 404 g/mol. The molecule has 0 bridgehead atoms. The monoisotopic (exact) mass is 403 g/mol. The summed E-state index contributed by atoms with van der Waals surface area (Å²) in [5.74, 6) is -0.254. The summed E-state index contributed by atoms with van der Waals surface area (Å²) in [6.07, 6.45) is 1.47. The van der Waals surface area contributed by atoms with Crippen molar-refractivity contribution in [3.8, 4) is 11.1 Å². The number of nitrogens with zero attached hydrogens (tertiary/aromatic N) is 2. The Morgan fingerprint density at radius 2 is 1.76 bits per heavy atom. The van der Waals surface area contributed by atoms with Gasteiger partial charge >= 0.3 is 0 Å². The van der Waals surface area contributed by atoms with Gasteiger partial charge in [-0.25, -0.2) is 4.98 Å². The van der Waals surface area contributed by atoms with Crippen LogP contribution in [-0.2, 0) is 4.79 Å². The molecule has 0 saturated carbocycles. The van der Waals surface area contributed by atoms with E-state index in [0.29, 0.717) is 10.2 Å². The number of para-hydroxylation sites is 1. The van der Waals surface area contributed by atoms with Crippen LogP contribution in [0.5, 0.6) is 0 Å². The number of benzene rings is 2. The Bertz CT molecular complexity index is 1260. The van der Waals surface area contributed by atoms with Gasteiger partial charge in [0.05, 0.1) is 11.7 Å². The van der Waals surface area contributed by atoms with E-state index in [4.69, 9.17) is 0 Å². The van der Waals surface area contributed by atoms with Crippen molar-refractivity contribution < 1.29 is 4.79 Å². The zero-order chi connectivity index (χ0) is 20.5. The summed E-state index contributed by atoms with van der Waals surface area (Å²) >= 11 is 1.50. The molecule has 1 N–H and O–H groups in total. The lowest BCUT2D eigenvalue weighted by molar-refractivity contribution is -0.118. The molecule has 1 atom stereocenters. The Hall–Kier alpha value is -3.25. The minimum absolute atomic E-state index is 0.203. The van der Waals surface area contributed by atoms with Gasteiger partial charge in [-0.2, -0.15) is 0 Å². The molecule has 4 rings (SSSR count). The lowest BCUT2D eigenvalue weighted by Crippen LogP contribution is -2.31. The molecular weight excluding hydrogens is 382 g/mol. The highest BCUT2D eigenvalue weighted by atomic mass is 32.1. The van der Waals surface area contributed by atoms with Crippen LogP contribution in [0.1, 0.15) is 23.4 Å². The van der Waals surface area contributed by atoms with Crippen molar-refractivity contribution >= 4 is 33.1 Å². The predicted molar refractivity (Wildman–Crippen MR) is 119 cm³/mol. The molecule has 0 saturated heterocycles. The molecule has 146 valence electrons. The number of amides is 1. The van der Waals surface area contributed by atoms with Gasteiger partial charge in [0.25, 0.3) is 5.56 Å². The van der Waals surface area contributed by atoms with Crippen LogP contribution in [-0.4, -0.2) is 15.5 Å². The first-order valence-corrected chi connectivity index (χ1v) is 10.2.